The van der Waals surface area contributed by atoms with Gasteiger partial charge in [0.05, 0.1) is 0 Å². The molecule has 25 heavy (non-hydrogen) atoms. The SMILES string of the molecule is CC/C=C\C/C=C\C/C=C\CCCCCCCCCCCCCCC. The molecule has 0 aliphatic heterocycles. The molecule has 0 heterocycles. The van der Waals surface area contributed by atoms with Crippen molar-refractivity contribution in [1.29, 1.82) is 0 Å². The molecule has 0 nitrogen and oxygen atoms in total. The molecule has 0 fully saturated rings. The van der Waals surface area contributed by atoms with E-state index in [-0.39, 0.29) is 0 Å². The molecule has 0 heteroatoms. The van der Waals surface area contributed by atoms with Gasteiger partial charge in [0.15, 0.2) is 0 Å². The lowest BCUT2D eigenvalue weighted by Gasteiger charge is -2.02. The predicted octanol–water partition coefficient (Wildman–Crippen LogP) is 9.33. The predicted molar refractivity (Wildman–Crippen MR) is 117 cm³/mol. The maximum atomic E-state index is 2.37. The molecule has 146 valence electrons. The van der Waals surface area contributed by atoms with Crippen LogP contribution in [0.5, 0.6) is 0 Å². The van der Waals surface area contributed by atoms with E-state index >= 15 is 0 Å². The molecule has 0 aliphatic rings. The quantitative estimate of drug-likeness (QED) is 0.161. The van der Waals surface area contributed by atoms with E-state index < -0.39 is 0 Å². The Hall–Kier alpha value is -0.780. The molecule has 0 atom stereocenters. The van der Waals surface area contributed by atoms with E-state index in [2.05, 4.69) is 50.3 Å². The second kappa shape index (κ2) is 23.2. The van der Waals surface area contributed by atoms with Crippen LogP contribution in [0.4, 0.5) is 0 Å². The summed E-state index contributed by atoms with van der Waals surface area (Å²) >= 11 is 0. The standard InChI is InChI=1S/C25H46/c1-3-5-7-9-11-13-15-17-19-21-23-25-24-22-20-18-16-14-12-10-8-6-4-2/h5,7,11,13,17,19H,3-4,6,8-10,12,14-16,18,20-25H2,1-2H3/b7-5-,13-11-,19-17-. The van der Waals surface area contributed by atoms with Crippen LogP contribution in [0.2, 0.25) is 0 Å². The molecule has 0 bridgehead atoms. The molecule has 0 aliphatic carbocycles. The molecule has 0 rings (SSSR count). The summed E-state index contributed by atoms with van der Waals surface area (Å²) in [5, 5.41) is 0. The van der Waals surface area contributed by atoms with E-state index in [4.69, 9.17) is 0 Å². The molecular weight excluding hydrogens is 300 g/mol. The molecule has 0 aromatic carbocycles. The first-order chi connectivity index (χ1) is 12.4. The third kappa shape index (κ3) is 23.2. The zero-order chi connectivity index (χ0) is 18.3. The van der Waals surface area contributed by atoms with Crippen LogP contribution in [0.1, 0.15) is 123 Å². The van der Waals surface area contributed by atoms with E-state index in [1.165, 1.54) is 89.9 Å². The monoisotopic (exact) mass is 346 g/mol. The Kier molecular flexibility index (Phi) is 22.5. The Morgan fingerprint density at radius 2 is 0.800 bits per heavy atom. The summed E-state index contributed by atoms with van der Waals surface area (Å²) in [6.45, 7) is 4.47. The van der Waals surface area contributed by atoms with Gasteiger partial charge in [0, 0.05) is 0 Å². The Morgan fingerprint density at radius 1 is 0.400 bits per heavy atom. The highest BCUT2D eigenvalue weighted by Gasteiger charge is 1.93. The zero-order valence-electron chi connectivity index (χ0n) is 17.5. The fraction of sp³-hybridized carbons (Fsp3) is 0.760. The first-order valence-corrected chi connectivity index (χ1v) is 11.4. The van der Waals surface area contributed by atoms with Gasteiger partial charge in [-0.2, -0.15) is 0 Å². The topological polar surface area (TPSA) is 0 Å². The maximum Gasteiger partial charge on any atom is -0.0169 e. The van der Waals surface area contributed by atoms with Gasteiger partial charge in [-0.25, -0.2) is 0 Å². The molecule has 0 saturated carbocycles. The minimum Gasteiger partial charge on any atom is -0.0885 e. The Bertz CT molecular complexity index is 308. The number of hydrogen-bond donors (Lipinski definition) is 0. The number of allylic oxidation sites excluding steroid dienone is 6. The first kappa shape index (κ1) is 24.2. The molecule has 0 unspecified atom stereocenters. The Labute approximate surface area is 159 Å². The van der Waals surface area contributed by atoms with Gasteiger partial charge < -0.3 is 0 Å². The summed E-state index contributed by atoms with van der Waals surface area (Å²) < 4.78 is 0. The van der Waals surface area contributed by atoms with E-state index in [1.54, 1.807) is 0 Å². The van der Waals surface area contributed by atoms with Gasteiger partial charge in [-0.15, -0.1) is 0 Å². The van der Waals surface area contributed by atoms with Crippen molar-refractivity contribution in [2.75, 3.05) is 0 Å². The zero-order valence-corrected chi connectivity index (χ0v) is 17.5. The smallest absolute Gasteiger partial charge is 0.0169 e. The van der Waals surface area contributed by atoms with Gasteiger partial charge in [-0.05, 0) is 32.1 Å². The maximum absolute atomic E-state index is 2.37. The van der Waals surface area contributed by atoms with Crippen molar-refractivity contribution in [2.24, 2.45) is 0 Å². The van der Waals surface area contributed by atoms with Crippen molar-refractivity contribution in [3.8, 4) is 0 Å². The number of unbranched alkanes of at least 4 members (excludes halogenated alkanes) is 13. The molecule has 0 saturated heterocycles. The van der Waals surface area contributed by atoms with Gasteiger partial charge in [-0.1, -0.05) is 127 Å². The minimum absolute atomic E-state index is 1.08. The van der Waals surface area contributed by atoms with Crippen LogP contribution in [0.15, 0.2) is 36.5 Å². The second-order valence-electron chi connectivity index (χ2n) is 7.33. The lowest BCUT2D eigenvalue weighted by molar-refractivity contribution is 0.540. The van der Waals surface area contributed by atoms with Crippen molar-refractivity contribution in [2.45, 2.75) is 123 Å². The van der Waals surface area contributed by atoms with E-state index in [0.29, 0.717) is 0 Å². The summed E-state index contributed by atoms with van der Waals surface area (Å²) in [5.74, 6) is 0. The van der Waals surface area contributed by atoms with Gasteiger partial charge in [-0.3, -0.25) is 0 Å². The molecule has 0 aromatic heterocycles. The number of hydrogen-bond acceptors (Lipinski definition) is 0. The van der Waals surface area contributed by atoms with Gasteiger partial charge in [0.25, 0.3) is 0 Å². The highest BCUT2D eigenvalue weighted by molar-refractivity contribution is 4.96. The van der Waals surface area contributed by atoms with Crippen LogP contribution in [-0.2, 0) is 0 Å². The van der Waals surface area contributed by atoms with E-state index in [9.17, 15) is 0 Å². The van der Waals surface area contributed by atoms with Gasteiger partial charge >= 0.3 is 0 Å². The molecule has 0 radical (unpaired) electrons. The van der Waals surface area contributed by atoms with E-state index in [0.717, 1.165) is 19.3 Å². The minimum atomic E-state index is 1.08. The highest BCUT2D eigenvalue weighted by atomic mass is 14.0. The Morgan fingerprint density at radius 3 is 1.28 bits per heavy atom. The van der Waals surface area contributed by atoms with Crippen molar-refractivity contribution >= 4 is 0 Å². The molecule has 0 amide bonds. The third-order valence-electron chi connectivity index (χ3n) is 4.75. The van der Waals surface area contributed by atoms with Crippen molar-refractivity contribution in [1.82, 2.24) is 0 Å². The molecular formula is C25H46. The summed E-state index contributed by atoms with van der Waals surface area (Å²) in [6, 6.07) is 0. The Balaban J connectivity index is 3.13. The summed E-state index contributed by atoms with van der Waals surface area (Å²) in [4.78, 5) is 0. The fourth-order valence-electron chi connectivity index (χ4n) is 3.11. The van der Waals surface area contributed by atoms with Crippen molar-refractivity contribution in [3.63, 3.8) is 0 Å². The molecule has 0 N–H and O–H groups in total. The molecule has 0 spiro atoms. The lowest BCUT2D eigenvalue weighted by Crippen LogP contribution is -1.82. The highest BCUT2D eigenvalue weighted by Crippen LogP contribution is 2.13. The van der Waals surface area contributed by atoms with Crippen LogP contribution < -0.4 is 0 Å². The largest absolute Gasteiger partial charge is 0.0885 e. The lowest BCUT2D eigenvalue weighted by atomic mass is 10.0. The first-order valence-electron chi connectivity index (χ1n) is 11.4. The van der Waals surface area contributed by atoms with Crippen molar-refractivity contribution in [3.05, 3.63) is 36.5 Å². The van der Waals surface area contributed by atoms with Crippen LogP contribution in [0.25, 0.3) is 0 Å². The van der Waals surface area contributed by atoms with Gasteiger partial charge in [0.2, 0.25) is 0 Å². The van der Waals surface area contributed by atoms with E-state index in [1.807, 2.05) is 0 Å². The van der Waals surface area contributed by atoms with Crippen LogP contribution in [0.3, 0.4) is 0 Å². The van der Waals surface area contributed by atoms with Crippen LogP contribution >= 0.6 is 0 Å². The summed E-state index contributed by atoms with van der Waals surface area (Å²) in [5.41, 5.74) is 0. The number of rotatable bonds is 19. The fourth-order valence-corrected chi connectivity index (χ4v) is 3.11. The second-order valence-corrected chi connectivity index (χ2v) is 7.33. The average molecular weight is 347 g/mol. The van der Waals surface area contributed by atoms with Crippen LogP contribution in [-0.4, -0.2) is 0 Å². The average Bonchev–Trinajstić information content (AvgIpc) is 2.63. The van der Waals surface area contributed by atoms with Gasteiger partial charge in [0.1, 0.15) is 0 Å². The normalized spacial score (nSPS) is 12.2. The van der Waals surface area contributed by atoms with Crippen molar-refractivity contribution < 1.29 is 0 Å². The summed E-state index contributed by atoms with van der Waals surface area (Å²) in [7, 11) is 0. The molecule has 0 aromatic rings. The third-order valence-corrected chi connectivity index (χ3v) is 4.75. The summed E-state index contributed by atoms with van der Waals surface area (Å²) in [6.07, 6.45) is 37.0. The van der Waals surface area contributed by atoms with Crippen LogP contribution in [0, 0.1) is 0 Å².